The maximum Gasteiger partial charge on any atom is 0.147 e. The van der Waals surface area contributed by atoms with Crippen molar-refractivity contribution >= 4 is 11.6 Å². The molecule has 0 amide bonds. The Labute approximate surface area is 90.5 Å². The Balaban J connectivity index is 2.04. The van der Waals surface area contributed by atoms with Gasteiger partial charge in [0.25, 0.3) is 0 Å². The van der Waals surface area contributed by atoms with E-state index < -0.39 is 0 Å². The Morgan fingerprint density at radius 2 is 2.20 bits per heavy atom. The first-order valence-corrected chi connectivity index (χ1v) is 5.49. The van der Waals surface area contributed by atoms with Gasteiger partial charge in [0.2, 0.25) is 0 Å². The summed E-state index contributed by atoms with van der Waals surface area (Å²) in [5.74, 6) is 2.96. The molecule has 0 saturated carbocycles. The van der Waals surface area contributed by atoms with Gasteiger partial charge in [-0.05, 0) is 18.3 Å². The van der Waals surface area contributed by atoms with Crippen molar-refractivity contribution in [1.29, 1.82) is 0 Å². The van der Waals surface area contributed by atoms with Gasteiger partial charge in [0.1, 0.15) is 11.6 Å². The van der Waals surface area contributed by atoms with E-state index >= 15 is 0 Å². The second-order valence-corrected chi connectivity index (χ2v) is 4.54. The van der Waals surface area contributed by atoms with E-state index in [1.807, 2.05) is 0 Å². The summed E-state index contributed by atoms with van der Waals surface area (Å²) in [5, 5.41) is 0. The van der Waals surface area contributed by atoms with Gasteiger partial charge in [-0.25, -0.2) is 9.97 Å². The SMILES string of the molecule is CC(C)C1CCN(c2cnc(N)cn2)C1. The first-order valence-electron chi connectivity index (χ1n) is 5.49. The summed E-state index contributed by atoms with van der Waals surface area (Å²) in [7, 11) is 0. The lowest BCUT2D eigenvalue weighted by atomic mass is 9.95. The van der Waals surface area contributed by atoms with Crippen LogP contribution in [0.25, 0.3) is 0 Å². The Morgan fingerprint density at radius 1 is 1.40 bits per heavy atom. The van der Waals surface area contributed by atoms with Crippen LogP contribution in [-0.2, 0) is 0 Å². The van der Waals surface area contributed by atoms with Crippen LogP contribution < -0.4 is 10.6 Å². The fourth-order valence-electron chi connectivity index (χ4n) is 2.03. The van der Waals surface area contributed by atoms with Gasteiger partial charge in [-0.3, -0.25) is 0 Å². The molecule has 1 aliphatic heterocycles. The first-order chi connectivity index (χ1) is 7.16. The molecule has 15 heavy (non-hydrogen) atoms. The first kappa shape index (κ1) is 10.2. The molecular formula is C11H18N4. The number of hydrogen-bond acceptors (Lipinski definition) is 4. The Bertz CT molecular complexity index is 320. The minimum absolute atomic E-state index is 0.485. The van der Waals surface area contributed by atoms with Gasteiger partial charge in [-0.15, -0.1) is 0 Å². The Kier molecular flexibility index (Phi) is 2.75. The van der Waals surface area contributed by atoms with E-state index in [0.29, 0.717) is 5.82 Å². The second-order valence-electron chi connectivity index (χ2n) is 4.54. The summed E-state index contributed by atoms with van der Waals surface area (Å²) in [4.78, 5) is 10.6. The Hall–Kier alpha value is -1.32. The number of aromatic nitrogens is 2. The molecule has 0 bridgehead atoms. The highest BCUT2D eigenvalue weighted by Crippen LogP contribution is 2.26. The van der Waals surface area contributed by atoms with E-state index in [9.17, 15) is 0 Å². The zero-order valence-corrected chi connectivity index (χ0v) is 9.35. The van der Waals surface area contributed by atoms with Gasteiger partial charge in [-0.1, -0.05) is 13.8 Å². The average Bonchev–Trinajstić information content (AvgIpc) is 2.68. The summed E-state index contributed by atoms with van der Waals surface area (Å²) in [6.45, 7) is 6.74. The van der Waals surface area contributed by atoms with Crippen molar-refractivity contribution < 1.29 is 0 Å². The summed E-state index contributed by atoms with van der Waals surface area (Å²) in [5.41, 5.74) is 5.51. The normalized spacial score (nSPS) is 21.3. The second kappa shape index (κ2) is 4.04. The molecule has 1 fully saturated rings. The molecule has 1 aromatic heterocycles. The van der Waals surface area contributed by atoms with Gasteiger partial charge >= 0.3 is 0 Å². The predicted octanol–water partition coefficient (Wildman–Crippen LogP) is 1.54. The number of nitrogens with zero attached hydrogens (tertiary/aromatic N) is 3. The van der Waals surface area contributed by atoms with Crippen molar-refractivity contribution in [1.82, 2.24) is 9.97 Å². The maximum absolute atomic E-state index is 5.51. The molecule has 2 N–H and O–H groups in total. The van der Waals surface area contributed by atoms with Crippen LogP contribution in [0.3, 0.4) is 0 Å². The molecule has 1 aromatic rings. The van der Waals surface area contributed by atoms with Gasteiger partial charge in [0, 0.05) is 13.1 Å². The van der Waals surface area contributed by atoms with Crippen molar-refractivity contribution in [3.63, 3.8) is 0 Å². The average molecular weight is 206 g/mol. The number of rotatable bonds is 2. The molecule has 0 aliphatic carbocycles. The smallest absolute Gasteiger partial charge is 0.147 e. The quantitative estimate of drug-likeness (QED) is 0.797. The van der Waals surface area contributed by atoms with Crippen LogP contribution in [0, 0.1) is 11.8 Å². The molecule has 2 rings (SSSR count). The van der Waals surface area contributed by atoms with Crippen LogP contribution in [0.15, 0.2) is 12.4 Å². The van der Waals surface area contributed by atoms with E-state index in [2.05, 4.69) is 28.7 Å². The topological polar surface area (TPSA) is 55.0 Å². The number of hydrogen-bond donors (Lipinski definition) is 1. The molecule has 4 nitrogen and oxygen atoms in total. The number of nitrogen functional groups attached to an aromatic ring is 1. The summed E-state index contributed by atoms with van der Waals surface area (Å²) in [6.07, 6.45) is 4.64. The third-order valence-electron chi connectivity index (χ3n) is 3.15. The van der Waals surface area contributed by atoms with Gasteiger partial charge in [0.15, 0.2) is 0 Å². The van der Waals surface area contributed by atoms with Gasteiger partial charge < -0.3 is 10.6 Å². The van der Waals surface area contributed by atoms with Crippen molar-refractivity contribution in [3.8, 4) is 0 Å². The lowest BCUT2D eigenvalue weighted by molar-refractivity contribution is 0.422. The summed E-state index contributed by atoms with van der Waals surface area (Å²) in [6, 6.07) is 0. The van der Waals surface area contributed by atoms with Crippen molar-refractivity contribution in [3.05, 3.63) is 12.4 Å². The van der Waals surface area contributed by atoms with E-state index in [1.165, 1.54) is 6.42 Å². The van der Waals surface area contributed by atoms with Crippen LogP contribution in [0.5, 0.6) is 0 Å². The number of anilines is 2. The zero-order chi connectivity index (χ0) is 10.8. The monoisotopic (exact) mass is 206 g/mol. The molecular weight excluding hydrogens is 188 g/mol. The van der Waals surface area contributed by atoms with E-state index in [4.69, 9.17) is 5.73 Å². The lowest BCUT2D eigenvalue weighted by Gasteiger charge is -2.18. The van der Waals surface area contributed by atoms with Crippen LogP contribution in [0.1, 0.15) is 20.3 Å². The van der Waals surface area contributed by atoms with Crippen LogP contribution in [0.4, 0.5) is 11.6 Å². The van der Waals surface area contributed by atoms with Gasteiger partial charge in [0.05, 0.1) is 12.4 Å². The number of nitrogens with two attached hydrogens (primary N) is 1. The lowest BCUT2D eigenvalue weighted by Crippen LogP contribution is -2.22. The molecule has 82 valence electrons. The summed E-state index contributed by atoms with van der Waals surface area (Å²) < 4.78 is 0. The highest BCUT2D eigenvalue weighted by atomic mass is 15.2. The van der Waals surface area contributed by atoms with Crippen LogP contribution >= 0.6 is 0 Å². The molecule has 0 radical (unpaired) electrons. The van der Waals surface area contributed by atoms with E-state index in [0.717, 1.165) is 30.7 Å². The van der Waals surface area contributed by atoms with Gasteiger partial charge in [-0.2, -0.15) is 0 Å². The van der Waals surface area contributed by atoms with Crippen LogP contribution in [0.2, 0.25) is 0 Å². The minimum atomic E-state index is 0.485. The van der Waals surface area contributed by atoms with Crippen molar-refractivity contribution in [2.45, 2.75) is 20.3 Å². The molecule has 4 heteroatoms. The molecule has 1 saturated heterocycles. The Morgan fingerprint density at radius 3 is 2.73 bits per heavy atom. The fraction of sp³-hybridized carbons (Fsp3) is 0.636. The zero-order valence-electron chi connectivity index (χ0n) is 9.35. The predicted molar refractivity (Wildman–Crippen MR) is 61.6 cm³/mol. The third kappa shape index (κ3) is 2.19. The third-order valence-corrected chi connectivity index (χ3v) is 3.15. The minimum Gasteiger partial charge on any atom is -0.382 e. The van der Waals surface area contributed by atoms with E-state index in [-0.39, 0.29) is 0 Å². The molecule has 1 atom stereocenters. The molecule has 2 heterocycles. The fourth-order valence-corrected chi connectivity index (χ4v) is 2.03. The highest BCUT2D eigenvalue weighted by molar-refractivity contribution is 5.40. The summed E-state index contributed by atoms with van der Waals surface area (Å²) >= 11 is 0. The van der Waals surface area contributed by atoms with E-state index in [1.54, 1.807) is 12.4 Å². The van der Waals surface area contributed by atoms with Crippen molar-refractivity contribution in [2.24, 2.45) is 11.8 Å². The molecule has 0 spiro atoms. The maximum atomic E-state index is 5.51. The molecule has 0 aromatic carbocycles. The highest BCUT2D eigenvalue weighted by Gasteiger charge is 2.25. The van der Waals surface area contributed by atoms with Crippen LogP contribution in [-0.4, -0.2) is 23.1 Å². The standard InChI is InChI=1S/C11H18N4/c1-8(2)9-3-4-15(7-9)11-6-13-10(12)5-14-11/h5-6,8-9H,3-4,7H2,1-2H3,(H2,12,13). The molecule has 1 aliphatic rings. The molecule has 1 unspecified atom stereocenters. The van der Waals surface area contributed by atoms with Crippen molar-refractivity contribution in [2.75, 3.05) is 23.7 Å². The largest absolute Gasteiger partial charge is 0.382 e.